The van der Waals surface area contributed by atoms with Gasteiger partial charge in [-0.1, -0.05) is 6.92 Å². The molecule has 0 unspecified atom stereocenters. The Balaban J connectivity index is 1.95. The fraction of sp³-hybridized carbons (Fsp3) is 0.368. The van der Waals surface area contributed by atoms with E-state index in [0.29, 0.717) is 30.3 Å². The molecule has 0 amide bonds. The first kappa shape index (κ1) is 19.4. The third kappa shape index (κ3) is 3.55. The van der Waals surface area contributed by atoms with Crippen LogP contribution in [0.25, 0.3) is 11.2 Å². The van der Waals surface area contributed by atoms with E-state index < -0.39 is 5.69 Å². The van der Waals surface area contributed by atoms with Gasteiger partial charge in [0.2, 0.25) is 5.95 Å². The number of fused-ring (bicyclic) bond motifs is 1. The number of hydrogen-bond donors (Lipinski definition) is 1. The van der Waals surface area contributed by atoms with Crippen LogP contribution in [0.1, 0.15) is 25.8 Å². The number of aryl methyl sites for hydroxylation is 2. The van der Waals surface area contributed by atoms with Crippen molar-refractivity contribution in [3.05, 3.63) is 50.7 Å². The molecule has 0 spiro atoms. The van der Waals surface area contributed by atoms with Crippen molar-refractivity contribution in [1.82, 2.24) is 18.7 Å². The quantitative estimate of drug-likeness (QED) is 0.494. The number of anilines is 1. The van der Waals surface area contributed by atoms with Crippen LogP contribution >= 0.6 is 0 Å². The molecule has 0 fully saturated rings. The molecule has 2 aromatic heterocycles. The summed E-state index contributed by atoms with van der Waals surface area (Å²) >= 11 is 0. The Bertz CT molecular complexity index is 1120. The third-order valence-electron chi connectivity index (χ3n) is 4.36. The summed E-state index contributed by atoms with van der Waals surface area (Å²) in [6, 6.07) is 7.53. The van der Waals surface area contributed by atoms with E-state index in [1.807, 2.05) is 38.1 Å². The van der Waals surface area contributed by atoms with Crippen LogP contribution in [0, 0.1) is 0 Å². The molecule has 9 nitrogen and oxygen atoms in total. The maximum Gasteiger partial charge on any atom is 0.332 e. The predicted molar refractivity (Wildman–Crippen MR) is 109 cm³/mol. The first-order chi connectivity index (χ1) is 13.5. The van der Waals surface area contributed by atoms with Crippen LogP contribution in [0.3, 0.4) is 0 Å². The minimum atomic E-state index is -0.414. The maximum absolute atomic E-state index is 12.6. The molecular weight excluding hydrogens is 360 g/mol. The van der Waals surface area contributed by atoms with Gasteiger partial charge in [-0.25, -0.2) is 10.2 Å². The minimum Gasteiger partial charge on any atom is -0.494 e. The number of nitrogens with one attached hydrogen (secondary N) is 1. The highest BCUT2D eigenvalue weighted by Gasteiger charge is 2.18. The maximum atomic E-state index is 12.6. The van der Waals surface area contributed by atoms with Gasteiger partial charge in [-0.15, -0.1) is 0 Å². The number of hydrogen-bond acceptors (Lipinski definition) is 6. The molecule has 1 N–H and O–H groups in total. The van der Waals surface area contributed by atoms with E-state index in [0.717, 1.165) is 22.3 Å². The second-order valence-electron chi connectivity index (χ2n) is 6.34. The van der Waals surface area contributed by atoms with E-state index in [4.69, 9.17) is 4.74 Å². The van der Waals surface area contributed by atoms with Gasteiger partial charge in [0.05, 0.1) is 12.8 Å². The Labute approximate surface area is 161 Å². The van der Waals surface area contributed by atoms with Crippen LogP contribution in [0.15, 0.2) is 39.0 Å². The predicted octanol–water partition coefficient (Wildman–Crippen LogP) is 1.69. The van der Waals surface area contributed by atoms with Crippen LogP contribution in [0.5, 0.6) is 5.75 Å². The molecule has 3 aromatic rings. The van der Waals surface area contributed by atoms with Gasteiger partial charge < -0.3 is 9.30 Å². The molecule has 2 heterocycles. The molecule has 0 aliphatic rings. The summed E-state index contributed by atoms with van der Waals surface area (Å²) in [4.78, 5) is 29.2. The topological polar surface area (TPSA) is 95.4 Å². The van der Waals surface area contributed by atoms with E-state index in [9.17, 15) is 9.59 Å². The van der Waals surface area contributed by atoms with Crippen LogP contribution < -0.4 is 21.4 Å². The molecule has 0 bridgehead atoms. The number of imidazole rings is 1. The lowest BCUT2D eigenvalue weighted by Gasteiger charge is -2.07. The lowest BCUT2D eigenvalue weighted by Crippen LogP contribution is -2.37. The number of rotatable bonds is 7. The number of nitrogens with zero attached hydrogens (tertiary/aromatic N) is 5. The molecule has 0 aliphatic heterocycles. The molecule has 3 rings (SSSR count). The monoisotopic (exact) mass is 384 g/mol. The fourth-order valence-corrected chi connectivity index (χ4v) is 2.95. The van der Waals surface area contributed by atoms with E-state index in [-0.39, 0.29) is 5.56 Å². The molecule has 0 atom stereocenters. The highest BCUT2D eigenvalue weighted by molar-refractivity contribution is 5.80. The summed E-state index contributed by atoms with van der Waals surface area (Å²) in [5.41, 5.74) is 3.71. The molecular formula is C19H24N6O3. The second kappa shape index (κ2) is 8.12. The SMILES string of the molecule is CCCn1c(NN=Cc2ccc(OCC)cc2)nc2c1c(=O)n(C)c(=O)n2C. The number of ether oxygens (including phenoxy) is 1. The zero-order chi connectivity index (χ0) is 20.3. The van der Waals surface area contributed by atoms with Gasteiger partial charge in [0.15, 0.2) is 11.2 Å². The van der Waals surface area contributed by atoms with Crippen LogP contribution in [-0.4, -0.2) is 31.5 Å². The summed E-state index contributed by atoms with van der Waals surface area (Å²) in [5.74, 6) is 1.21. The molecule has 9 heteroatoms. The zero-order valence-electron chi connectivity index (χ0n) is 16.5. The number of aromatic nitrogens is 4. The van der Waals surface area contributed by atoms with Crippen molar-refractivity contribution in [2.45, 2.75) is 26.8 Å². The lowest BCUT2D eigenvalue weighted by molar-refractivity contribution is 0.340. The van der Waals surface area contributed by atoms with Crippen molar-refractivity contribution < 1.29 is 4.74 Å². The van der Waals surface area contributed by atoms with Gasteiger partial charge in [-0.2, -0.15) is 10.1 Å². The smallest absolute Gasteiger partial charge is 0.332 e. The Morgan fingerprint density at radius 2 is 1.86 bits per heavy atom. The van der Waals surface area contributed by atoms with Crippen molar-refractivity contribution in [1.29, 1.82) is 0 Å². The normalized spacial score (nSPS) is 11.4. The van der Waals surface area contributed by atoms with E-state index in [1.54, 1.807) is 17.8 Å². The molecule has 0 radical (unpaired) electrons. The lowest BCUT2D eigenvalue weighted by atomic mass is 10.2. The molecule has 148 valence electrons. The molecule has 1 aromatic carbocycles. The van der Waals surface area contributed by atoms with Crippen molar-refractivity contribution in [3.8, 4) is 5.75 Å². The summed E-state index contributed by atoms with van der Waals surface area (Å²) in [6.07, 6.45) is 2.46. The summed E-state index contributed by atoms with van der Waals surface area (Å²) in [7, 11) is 3.06. The average molecular weight is 384 g/mol. The largest absolute Gasteiger partial charge is 0.494 e. The standard InChI is InChI=1S/C19H24N6O3/c1-5-11-25-15-16(23(3)19(27)24(4)17(15)26)21-18(25)22-20-12-13-7-9-14(10-8-13)28-6-2/h7-10,12H,5-6,11H2,1-4H3,(H,21,22). The fourth-order valence-electron chi connectivity index (χ4n) is 2.95. The van der Waals surface area contributed by atoms with Gasteiger partial charge in [0.1, 0.15) is 5.75 Å². The van der Waals surface area contributed by atoms with Crippen molar-refractivity contribution in [3.63, 3.8) is 0 Å². The Kier molecular flexibility index (Phi) is 5.62. The highest BCUT2D eigenvalue weighted by Crippen LogP contribution is 2.16. The first-order valence-corrected chi connectivity index (χ1v) is 9.16. The van der Waals surface area contributed by atoms with Gasteiger partial charge in [-0.05, 0) is 43.2 Å². The number of benzene rings is 1. The second-order valence-corrected chi connectivity index (χ2v) is 6.34. The molecule has 0 saturated carbocycles. The van der Waals surface area contributed by atoms with Crippen molar-refractivity contribution in [2.24, 2.45) is 19.2 Å². The van der Waals surface area contributed by atoms with Gasteiger partial charge >= 0.3 is 5.69 Å². The van der Waals surface area contributed by atoms with Crippen LogP contribution in [0.2, 0.25) is 0 Å². The van der Waals surface area contributed by atoms with Crippen LogP contribution in [-0.2, 0) is 20.6 Å². The molecule has 0 aliphatic carbocycles. The van der Waals surface area contributed by atoms with Gasteiger partial charge in [-0.3, -0.25) is 13.9 Å². The highest BCUT2D eigenvalue weighted by atomic mass is 16.5. The van der Waals surface area contributed by atoms with Crippen LogP contribution in [0.4, 0.5) is 5.95 Å². The first-order valence-electron chi connectivity index (χ1n) is 9.16. The molecule has 0 saturated heterocycles. The van der Waals surface area contributed by atoms with Crippen molar-refractivity contribution >= 4 is 23.3 Å². The Hall–Kier alpha value is -3.36. The van der Waals surface area contributed by atoms with E-state index in [2.05, 4.69) is 15.5 Å². The van der Waals surface area contributed by atoms with Gasteiger partial charge in [0, 0.05) is 20.6 Å². The third-order valence-corrected chi connectivity index (χ3v) is 4.36. The minimum absolute atomic E-state index is 0.334. The Morgan fingerprint density at radius 3 is 2.50 bits per heavy atom. The zero-order valence-corrected chi connectivity index (χ0v) is 16.5. The van der Waals surface area contributed by atoms with Gasteiger partial charge in [0.25, 0.3) is 5.56 Å². The summed E-state index contributed by atoms with van der Waals surface area (Å²) in [6.45, 7) is 5.13. The molecule has 28 heavy (non-hydrogen) atoms. The number of hydrazone groups is 1. The average Bonchev–Trinajstić information content (AvgIpc) is 3.05. The van der Waals surface area contributed by atoms with Crippen molar-refractivity contribution in [2.75, 3.05) is 12.0 Å². The summed E-state index contributed by atoms with van der Waals surface area (Å²) in [5, 5.41) is 4.23. The summed E-state index contributed by atoms with van der Waals surface area (Å²) < 4.78 is 9.63. The Morgan fingerprint density at radius 1 is 1.14 bits per heavy atom. The van der Waals surface area contributed by atoms with E-state index >= 15 is 0 Å². The van der Waals surface area contributed by atoms with E-state index in [1.165, 1.54) is 11.6 Å².